The van der Waals surface area contributed by atoms with Gasteiger partial charge in [-0.05, 0) is 65.7 Å². The molecule has 1 amide bonds. The fourth-order valence-corrected chi connectivity index (χ4v) is 4.06. The van der Waals surface area contributed by atoms with E-state index in [0.29, 0.717) is 6.54 Å². The van der Waals surface area contributed by atoms with Crippen LogP contribution in [-0.4, -0.2) is 13.0 Å². The van der Waals surface area contributed by atoms with Gasteiger partial charge in [-0.2, -0.15) is 0 Å². The number of ether oxygens (including phenoxy) is 1. The van der Waals surface area contributed by atoms with E-state index in [-0.39, 0.29) is 23.6 Å². The van der Waals surface area contributed by atoms with E-state index in [1.807, 2.05) is 46.7 Å². The van der Waals surface area contributed by atoms with Crippen LogP contribution in [0.3, 0.4) is 0 Å². The number of thiophene rings is 1. The van der Waals surface area contributed by atoms with E-state index in [1.165, 1.54) is 12.1 Å². The number of carbonyl (C=O) groups is 1. The zero-order chi connectivity index (χ0) is 18.8. The minimum atomic E-state index is -0.250. The summed E-state index contributed by atoms with van der Waals surface area (Å²) in [6.07, 6.45) is 0.807. The Balaban J connectivity index is 1.56. The second-order valence-corrected chi connectivity index (χ2v) is 7.73. The van der Waals surface area contributed by atoms with E-state index in [9.17, 15) is 9.18 Å². The van der Waals surface area contributed by atoms with E-state index in [0.717, 1.165) is 28.3 Å². The van der Waals surface area contributed by atoms with Gasteiger partial charge in [0.1, 0.15) is 11.6 Å². The highest BCUT2D eigenvalue weighted by atomic mass is 32.1. The zero-order valence-corrected chi connectivity index (χ0v) is 15.8. The number of methoxy groups -OCH3 is 1. The summed E-state index contributed by atoms with van der Waals surface area (Å²) < 4.78 is 18.4. The lowest BCUT2D eigenvalue weighted by Crippen LogP contribution is -2.31. The molecule has 4 rings (SSSR count). The van der Waals surface area contributed by atoms with Gasteiger partial charge in [0, 0.05) is 16.5 Å². The number of amides is 1. The number of anilines is 1. The molecule has 2 atom stereocenters. The van der Waals surface area contributed by atoms with Gasteiger partial charge < -0.3 is 9.64 Å². The van der Waals surface area contributed by atoms with Gasteiger partial charge in [-0.3, -0.25) is 4.79 Å². The molecule has 0 aliphatic heterocycles. The summed E-state index contributed by atoms with van der Waals surface area (Å²) in [4.78, 5) is 16.2. The largest absolute Gasteiger partial charge is 0.497 e. The molecular weight excluding hydrogens is 361 g/mol. The molecule has 0 spiro atoms. The second kappa shape index (κ2) is 7.53. The third-order valence-electron chi connectivity index (χ3n) is 4.95. The molecule has 2 unspecified atom stereocenters. The number of halogens is 1. The van der Waals surface area contributed by atoms with Gasteiger partial charge in [-0.15, -0.1) is 11.3 Å². The normalized spacial score (nSPS) is 18.1. The van der Waals surface area contributed by atoms with Gasteiger partial charge in [-0.25, -0.2) is 4.39 Å². The van der Waals surface area contributed by atoms with Crippen LogP contribution in [-0.2, 0) is 11.3 Å². The predicted molar refractivity (Wildman–Crippen MR) is 106 cm³/mol. The van der Waals surface area contributed by atoms with Crippen molar-refractivity contribution in [2.24, 2.45) is 5.92 Å². The molecule has 0 bridgehead atoms. The molecule has 1 aliphatic carbocycles. The monoisotopic (exact) mass is 381 g/mol. The lowest BCUT2D eigenvalue weighted by Gasteiger charge is -2.23. The van der Waals surface area contributed by atoms with E-state index in [2.05, 4.69) is 0 Å². The molecule has 1 aliphatic rings. The minimum Gasteiger partial charge on any atom is -0.497 e. The highest BCUT2D eigenvalue weighted by Gasteiger charge is 2.46. The molecule has 1 aromatic heterocycles. The number of carbonyl (C=O) groups excluding carboxylic acids is 1. The average Bonchev–Trinajstić information content (AvgIpc) is 3.33. The molecular formula is C22H20FNO2S. The summed E-state index contributed by atoms with van der Waals surface area (Å²) in [5.74, 6) is 0.736. The molecule has 3 aromatic rings. The molecule has 0 saturated heterocycles. The SMILES string of the molecule is COc1ccc(N(Cc2cccs2)C(=O)C2CC2c2ccc(F)cc2)cc1. The van der Waals surface area contributed by atoms with E-state index in [4.69, 9.17) is 4.74 Å². The zero-order valence-electron chi connectivity index (χ0n) is 15.0. The average molecular weight is 381 g/mol. The molecule has 0 radical (unpaired) electrons. The third-order valence-corrected chi connectivity index (χ3v) is 5.81. The second-order valence-electron chi connectivity index (χ2n) is 6.70. The molecule has 1 heterocycles. The fraction of sp³-hybridized carbons (Fsp3) is 0.227. The quantitative estimate of drug-likeness (QED) is 0.585. The molecule has 138 valence electrons. The predicted octanol–water partition coefficient (Wildman–Crippen LogP) is 5.23. The van der Waals surface area contributed by atoms with Crippen molar-refractivity contribution in [2.75, 3.05) is 12.0 Å². The lowest BCUT2D eigenvalue weighted by molar-refractivity contribution is -0.120. The number of rotatable bonds is 6. The van der Waals surface area contributed by atoms with Crippen molar-refractivity contribution in [3.63, 3.8) is 0 Å². The summed E-state index contributed by atoms with van der Waals surface area (Å²) in [6, 6.07) is 18.1. The van der Waals surface area contributed by atoms with Crippen LogP contribution in [0.4, 0.5) is 10.1 Å². The van der Waals surface area contributed by atoms with Gasteiger partial charge >= 0.3 is 0 Å². The van der Waals surface area contributed by atoms with Gasteiger partial charge in [-0.1, -0.05) is 18.2 Å². The van der Waals surface area contributed by atoms with Crippen molar-refractivity contribution in [3.05, 3.63) is 82.3 Å². The summed E-state index contributed by atoms with van der Waals surface area (Å²) >= 11 is 1.64. The summed E-state index contributed by atoms with van der Waals surface area (Å²) in [7, 11) is 1.63. The first-order chi connectivity index (χ1) is 13.2. The van der Waals surface area contributed by atoms with Gasteiger partial charge in [0.15, 0.2) is 0 Å². The Morgan fingerprint density at radius 2 is 1.89 bits per heavy atom. The number of nitrogens with zero attached hydrogens (tertiary/aromatic N) is 1. The molecule has 1 fully saturated rings. The van der Waals surface area contributed by atoms with Crippen LogP contribution in [0.15, 0.2) is 66.0 Å². The van der Waals surface area contributed by atoms with Crippen LogP contribution in [0.25, 0.3) is 0 Å². The number of hydrogen-bond donors (Lipinski definition) is 0. The van der Waals surface area contributed by atoms with Crippen molar-refractivity contribution in [1.29, 1.82) is 0 Å². The topological polar surface area (TPSA) is 29.5 Å². The first-order valence-electron chi connectivity index (χ1n) is 8.89. The van der Waals surface area contributed by atoms with Gasteiger partial charge in [0.25, 0.3) is 0 Å². The molecule has 0 N–H and O–H groups in total. The van der Waals surface area contributed by atoms with Crippen LogP contribution in [0.2, 0.25) is 0 Å². The lowest BCUT2D eigenvalue weighted by atomic mass is 10.1. The fourth-order valence-electron chi connectivity index (χ4n) is 3.36. The summed E-state index contributed by atoms with van der Waals surface area (Å²) in [5.41, 5.74) is 1.89. The molecule has 5 heteroatoms. The van der Waals surface area contributed by atoms with Crippen molar-refractivity contribution >= 4 is 22.9 Å². The third kappa shape index (κ3) is 3.88. The molecule has 3 nitrogen and oxygen atoms in total. The van der Waals surface area contributed by atoms with Gasteiger partial charge in [0.05, 0.1) is 13.7 Å². The van der Waals surface area contributed by atoms with E-state index in [1.54, 1.807) is 30.6 Å². The first-order valence-corrected chi connectivity index (χ1v) is 9.77. The Bertz CT molecular complexity index is 907. The number of benzene rings is 2. The highest BCUT2D eigenvalue weighted by Crippen LogP contribution is 2.49. The Morgan fingerprint density at radius 3 is 2.52 bits per heavy atom. The standard InChI is InChI=1S/C22H20FNO2S/c1-26-18-10-8-17(9-11-18)24(14-19-3-2-12-27-19)22(25)21-13-20(21)15-4-6-16(23)7-5-15/h2-12,20-21H,13-14H2,1H3. The number of hydrogen-bond acceptors (Lipinski definition) is 3. The van der Waals surface area contributed by atoms with Crippen molar-refractivity contribution in [2.45, 2.75) is 18.9 Å². The van der Waals surface area contributed by atoms with Crippen LogP contribution in [0, 0.1) is 11.7 Å². The molecule has 2 aromatic carbocycles. The Labute approximate surface area is 162 Å². The summed E-state index contributed by atoms with van der Waals surface area (Å²) in [5, 5.41) is 2.02. The van der Waals surface area contributed by atoms with E-state index >= 15 is 0 Å². The minimum absolute atomic E-state index is 0.0578. The van der Waals surface area contributed by atoms with Crippen LogP contribution in [0.5, 0.6) is 5.75 Å². The van der Waals surface area contributed by atoms with Crippen molar-refractivity contribution in [1.82, 2.24) is 0 Å². The smallest absolute Gasteiger partial charge is 0.231 e. The maximum Gasteiger partial charge on any atom is 0.231 e. The van der Waals surface area contributed by atoms with Crippen molar-refractivity contribution in [3.8, 4) is 5.75 Å². The van der Waals surface area contributed by atoms with Gasteiger partial charge in [0.2, 0.25) is 5.91 Å². The van der Waals surface area contributed by atoms with Crippen LogP contribution in [0.1, 0.15) is 22.8 Å². The van der Waals surface area contributed by atoms with Crippen molar-refractivity contribution < 1.29 is 13.9 Å². The summed E-state index contributed by atoms with van der Waals surface area (Å²) in [6.45, 7) is 0.551. The Hall–Kier alpha value is -2.66. The molecule has 1 saturated carbocycles. The highest BCUT2D eigenvalue weighted by molar-refractivity contribution is 7.09. The van der Waals surface area contributed by atoms with E-state index < -0.39 is 0 Å². The Kier molecular flexibility index (Phi) is 4.94. The maximum absolute atomic E-state index is 13.3. The molecule has 27 heavy (non-hydrogen) atoms. The van der Waals surface area contributed by atoms with Crippen LogP contribution < -0.4 is 9.64 Å². The first kappa shape index (κ1) is 17.7. The van der Waals surface area contributed by atoms with Crippen LogP contribution >= 0.6 is 11.3 Å². The Morgan fingerprint density at radius 1 is 1.15 bits per heavy atom. The maximum atomic E-state index is 13.3.